The molecular weight excluding hydrogens is 455 g/mol. The van der Waals surface area contributed by atoms with E-state index in [0.29, 0.717) is 29.4 Å². The Morgan fingerprint density at radius 3 is 2.78 bits per heavy atom. The van der Waals surface area contributed by atoms with Crippen LogP contribution in [0.1, 0.15) is 5.56 Å². The van der Waals surface area contributed by atoms with Crippen molar-refractivity contribution in [2.75, 3.05) is 11.9 Å². The number of hydrogen-bond acceptors (Lipinski definition) is 7. The second kappa shape index (κ2) is 8.21. The molecule has 1 aromatic carbocycles. The van der Waals surface area contributed by atoms with Crippen LogP contribution in [0.25, 0.3) is 11.2 Å². The van der Waals surface area contributed by atoms with Crippen molar-refractivity contribution in [2.45, 2.75) is 6.42 Å². The van der Waals surface area contributed by atoms with Crippen molar-refractivity contribution in [3.8, 4) is 11.6 Å². The van der Waals surface area contributed by atoms with Gasteiger partial charge in [-0.15, -0.1) is 0 Å². The Balaban J connectivity index is 1.41. The van der Waals surface area contributed by atoms with Crippen LogP contribution in [0.5, 0.6) is 11.6 Å². The zero-order valence-corrected chi connectivity index (χ0v) is 16.4. The number of nitrogens with one attached hydrogen (secondary N) is 1. The number of pyridine rings is 1. The van der Waals surface area contributed by atoms with Crippen molar-refractivity contribution in [1.82, 2.24) is 24.9 Å². The Morgan fingerprint density at radius 1 is 0.926 bits per heavy atom. The summed E-state index contributed by atoms with van der Waals surface area (Å²) < 4.78 is 6.93. The van der Waals surface area contributed by atoms with Crippen molar-refractivity contribution >= 4 is 39.6 Å². The zero-order chi connectivity index (χ0) is 18.5. The molecule has 1 N–H and O–H groups in total. The topological polar surface area (TPSA) is 85.7 Å². The van der Waals surface area contributed by atoms with Crippen LogP contribution >= 0.6 is 22.6 Å². The Hall–Kier alpha value is -2.88. The number of rotatable bonds is 6. The van der Waals surface area contributed by atoms with Crippen LogP contribution in [-0.4, -0.2) is 31.5 Å². The lowest BCUT2D eigenvalue weighted by atomic mass is 10.1. The van der Waals surface area contributed by atoms with Crippen LogP contribution in [0.2, 0.25) is 0 Å². The molecule has 4 aromatic rings. The van der Waals surface area contributed by atoms with E-state index in [9.17, 15) is 0 Å². The molecule has 0 fully saturated rings. The van der Waals surface area contributed by atoms with Gasteiger partial charge in [-0.1, -0.05) is 12.1 Å². The summed E-state index contributed by atoms with van der Waals surface area (Å²) in [6, 6.07) is 11.8. The highest BCUT2D eigenvalue weighted by Crippen LogP contribution is 2.22. The van der Waals surface area contributed by atoms with E-state index in [4.69, 9.17) is 4.74 Å². The molecule has 4 rings (SSSR count). The first-order valence-corrected chi connectivity index (χ1v) is 9.40. The minimum absolute atomic E-state index is 0.579. The fourth-order valence-electron chi connectivity index (χ4n) is 2.58. The van der Waals surface area contributed by atoms with Gasteiger partial charge in [0.05, 0.1) is 0 Å². The number of benzene rings is 1. The van der Waals surface area contributed by atoms with E-state index in [1.165, 1.54) is 6.33 Å². The molecule has 0 radical (unpaired) electrons. The van der Waals surface area contributed by atoms with Gasteiger partial charge in [0.1, 0.15) is 17.6 Å². The minimum Gasteiger partial charge on any atom is -0.439 e. The lowest BCUT2D eigenvalue weighted by Gasteiger charge is -2.09. The average Bonchev–Trinajstić information content (AvgIpc) is 2.69. The summed E-state index contributed by atoms with van der Waals surface area (Å²) in [6.45, 7) is 0.702. The predicted molar refractivity (Wildman–Crippen MR) is 111 cm³/mol. The molecule has 0 spiro atoms. The molecule has 134 valence electrons. The summed E-state index contributed by atoms with van der Waals surface area (Å²) in [4.78, 5) is 21.1. The number of ether oxygens (including phenoxy) is 1. The summed E-state index contributed by atoms with van der Waals surface area (Å²) in [5, 5.41) is 3.30. The Kier molecular flexibility index (Phi) is 5.33. The molecule has 0 amide bonds. The molecule has 7 nitrogen and oxygen atoms in total. The van der Waals surface area contributed by atoms with E-state index >= 15 is 0 Å². The number of nitrogens with zero attached hydrogens (tertiary/aromatic N) is 5. The van der Waals surface area contributed by atoms with Crippen LogP contribution in [0.15, 0.2) is 61.3 Å². The first kappa shape index (κ1) is 17.5. The van der Waals surface area contributed by atoms with E-state index in [1.807, 2.05) is 30.3 Å². The van der Waals surface area contributed by atoms with E-state index in [2.05, 4.69) is 58.9 Å². The summed E-state index contributed by atoms with van der Waals surface area (Å²) in [5.41, 5.74) is 2.40. The number of halogens is 1. The quantitative estimate of drug-likeness (QED) is 0.429. The number of anilines is 1. The predicted octanol–water partition coefficient (Wildman–Crippen LogP) is 3.87. The highest BCUT2D eigenvalue weighted by Gasteiger charge is 2.05. The second-order valence-corrected chi connectivity index (χ2v) is 6.94. The normalized spacial score (nSPS) is 10.7. The van der Waals surface area contributed by atoms with Gasteiger partial charge in [0.2, 0.25) is 5.88 Å². The SMILES string of the molecule is Ic1ccnc(Oc2cccc(CCNc3ncnc4nccnc34)c2)c1. The fourth-order valence-corrected chi connectivity index (χ4v) is 3.00. The van der Waals surface area contributed by atoms with Gasteiger partial charge in [-0.25, -0.2) is 24.9 Å². The highest BCUT2D eigenvalue weighted by molar-refractivity contribution is 14.1. The maximum Gasteiger partial charge on any atom is 0.220 e. The van der Waals surface area contributed by atoms with Gasteiger partial charge in [0.25, 0.3) is 0 Å². The fraction of sp³-hybridized carbons (Fsp3) is 0.105. The molecule has 0 aliphatic heterocycles. The summed E-state index contributed by atoms with van der Waals surface area (Å²) in [7, 11) is 0. The molecule has 0 saturated heterocycles. The smallest absolute Gasteiger partial charge is 0.220 e. The third-order valence-corrected chi connectivity index (χ3v) is 4.46. The average molecular weight is 470 g/mol. The van der Waals surface area contributed by atoms with E-state index in [0.717, 1.165) is 21.3 Å². The number of aromatic nitrogens is 5. The molecule has 0 unspecified atom stereocenters. The number of fused-ring (bicyclic) bond motifs is 1. The second-order valence-electron chi connectivity index (χ2n) is 5.69. The van der Waals surface area contributed by atoms with Crippen molar-refractivity contribution in [3.63, 3.8) is 0 Å². The molecule has 0 bridgehead atoms. The van der Waals surface area contributed by atoms with Gasteiger partial charge in [0.15, 0.2) is 11.5 Å². The monoisotopic (exact) mass is 470 g/mol. The third kappa shape index (κ3) is 4.45. The summed E-state index contributed by atoms with van der Waals surface area (Å²) in [5.74, 6) is 2.03. The van der Waals surface area contributed by atoms with Crippen molar-refractivity contribution < 1.29 is 4.74 Å². The Morgan fingerprint density at radius 2 is 1.85 bits per heavy atom. The Bertz CT molecular complexity index is 1070. The molecule has 3 heterocycles. The van der Waals surface area contributed by atoms with Gasteiger partial charge in [-0.3, -0.25) is 0 Å². The van der Waals surface area contributed by atoms with Crippen molar-refractivity contribution in [3.05, 3.63) is 70.4 Å². The molecule has 27 heavy (non-hydrogen) atoms. The lowest BCUT2D eigenvalue weighted by Crippen LogP contribution is -2.08. The largest absolute Gasteiger partial charge is 0.439 e. The third-order valence-electron chi connectivity index (χ3n) is 3.79. The first-order chi connectivity index (χ1) is 13.3. The highest BCUT2D eigenvalue weighted by atomic mass is 127. The van der Waals surface area contributed by atoms with Crippen molar-refractivity contribution in [2.24, 2.45) is 0 Å². The number of hydrogen-bond donors (Lipinski definition) is 1. The summed E-state index contributed by atoms with van der Waals surface area (Å²) >= 11 is 2.24. The van der Waals surface area contributed by atoms with Crippen LogP contribution in [0.4, 0.5) is 5.82 Å². The van der Waals surface area contributed by atoms with Crippen LogP contribution in [-0.2, 0) is 6.42 Å². The maximum atomic E-state index is 5.85. The van der Waals surface area contributed by atoms with E-state index < -0.39 is 0 Å². The first-order valence-electron chi connectivity index (χ1n) is 8.32. The Labute approximate surface area is 169 Å². The molecule has 0 saturated carbocycles. The molecule has 0 aliphatic carbocycles. The van der Waals surface area contributed by atoms with Crippen LogP contribution in [0, 0.1) is 3.57 Å². The molecule has 0 aliphatic rings. The van der Waals surface area contributed by atoms with Crippen LogP contribution < -0.4 is 10.1 Å². The standard InChI is InChI=1S/C19H15IN6O/c20-14-5-7-21-16(11-14)27-15-3-1-2-13(10-15)4-6-23-18-17-19(26-12-25-18)24-9-8-22-17/h1-3,5,7-12H,4,6H2,(H,23,24,25,26). The maximum absolute atomic E-state index is 5.85. The minimum atomic E-state index is 0.579. The molecule has 8 heteroatoms. The molecule has 0 atom stereocenters. The van der Waals surface area contributed by atoms with E-state index in [1.54, 1.807) is 18.6 Å². The van der Waals surface area contributed by atoms with Crippen LogP contribution in [0.3, 0.4) is 0 Å². The molecular formula is C19H15IN6O. The van der Waals surface area contributed by atoms with E-state index in [-0.39, 0.29) is 0 Å². The van der Waals surface area contributed by atoms with Gasteiger partial charge in [-0.2, -0.15) is 0 Å². The van der Waals surface area contributed by atoms with Crippen molar-refractivity contribution in [1.29, 1.82) is 0 Å². The van der Waals surface area contributed by atoms with Gasteiger partial charge in [-0.05, 0) is 52.8 Å². The molecule has 3 aromatic heterocycles. The van der Waals surface area contributed by atoms with Gasteiger partial charge >= 0.3 is 0 Å². The zero-order valence-electron chi connectivity index (χ0n) is 14.2. The van der Waals surface area contributed by atoms with Gasteiger partial charge in [0, 0.05) is 34.8 Å². The summed E-state index contributed by atoms with van der Waals surface area (Å²) in [6.07, 6.45) is 7.29. The van der Waals surface area contributed by atoms with Gasteiger partial charge < -0.3 is 10.1 Å². The lowest BCUT2D eigenvalue weighted by molar-refractivity contribution is 0.462.